The summed E-state index contributed by atoms with van der Waals surface area (Å²) >= 11 is 0. The Hall–Kier alpha value is -1.02. The van der Waals surface area contributed by atoms with E-state index < -0.39 is 0 Å². The van der Waals surface area contributed by atoms with Gasteiger partial charge >= 0.3 is 0 Å². The molecule has 2 atom stereocenters. The number of aryl methyl sites for hydroxylation is 1. The van der Waals surface area contributed by atoms with Crippen LogP contribution in [0.4, 0.5) is 0 Å². The van der Waals surface area contributed by atoms with Gasteiger partial charge in [-0.15, -0.1) is 0 Å². The molecular formula is C13H19NO. The smallest absolute Gasteiger partial charge is 0.119 e. The Labute approximate surface area is 91.6 Å². The number of rotatable bonds is 2. The standard InChI is InChI=1S/C13H19NO/c1-10-4-3-5-12(8-10)15-13-6-7-14-11(2)9-13/h3-5,8,11,13-14H,6-7,9H2,1-2H3. The van der Waals surface area contributed by atoms with Crippen LogP contribution in [0, 0.1) is 6.92 Å². The Kier molecular flexibility index (Phi) is 3.27. The van der Waals surface area contributed by atoms with Gasteiger partial charge in [0.2, 0.25) is 0 Å². The summed E-state index contributed by atoms with van der Waals surface area (Å²) in [5.74, 6) is 1.01. The lowest BCUT2D eigenvalue weighted by Crippen LogP contribution is -2.40. The van der Waals surface area contributed by atoms with Gasteiger partial charge in [0.1, 0.15) is 11.9 Å². The molecule has 1 aliphatic heterocycles. The van der Waals surface area contributed by atoms with Crippen LogP contribution in [-0.4, -0.2) is 18.7 Å². The lowest BCUT2D eigenvalue weighted by atomic mass is 10.0. The molecule has 2 rings (SSSR count). The van der Waals surface area contributed by atoms with Crippen LogP contribution in [0.1, 0.15) is 25.3 Å². The highest BCUT2D eigenvalue weighted by molar-refractivity contribution is 5.27. The van der Waals surface area contributed by atoms with Gasteiger partial charge in [-0.05, 0) is 50.9 Å². The molecule has 2 heteroatoms. The molecule has 2 unspecified atom stereocenters. The molecule has 15 heavy (non-hydrogen) atoms. The predicted molar refractivity (Wildman–Crippen MR) is 62.3 cm³/mol. The Morgan fingerprint density at radius 3 is 3.00 bits per heavy atom. The maximum Gasteiger partial charge on any atom is 0.119 e. The summed E-state index contributed by atoms with van der Waals surface area (Å²) in [6, 6.07) is 8.87. The average molecular weight is 205 g/mol. The van der Waals surface area contributed by atoms with Gasteiger partial charge in [-0.25, -0.2) is 0 Å². The Morgan fingerprint density at radius 1 is 1.40 bits per heavy atom. The maximum absolute atomic E-state index is 5.97. The van der Waals surface area contributed by atoms with Gasteiger partial charge in [-0.3, -0.25) is 0 Å². The van der Waals surface area contributed by atoms with Gasteiger partial charge in [0, 0.05) is 6.04 Å². The molecule has 1 aromatic rings. The molecule has 0 radical (unpaired) electrons. The van der Waals surface area contributed by atoms with E-state index in [-0.39, 0.29) is 0 Å². The summed E-state index contributed by atoms with van der Waals surface area (Å²) in [6.07, 6.45) is 2.59. The van der Waals surface area contributed by atoms with Gasteiger partial charge in [0.05, 0.1) is 0 Å². The maximum atomic E-state index is 5.97. The normalized spacial score (nSPS) is 26.3. The molecule has 82 valence electrons. The molecule has 1 heterocycles. The summed E-state index contributed by atoms with van der Waals surface area (Å²) in [4.78, 5) is 0. The van der Waals surface area contributed by atoms with Gasteiger partial charge in [0.25, 0.3) is 0 Å². The first-order chi connectivity index (χ1) is 7.24. The minimum absolute atomic E-state index is 0.378. The summed E-state index contributed by atoms with van der Waals surface area (Å²) < 4.78 is 5.97. The van der Waals surface area contributed by atoms with Crippen molar-refractivity contribution in [1.82, 2.24) is 5.32 Å². The Morgan fingerprint density at radius 2 is 2.27 bits per heavy atom. The zero-order valence-electron chi connectivity index (χ0n) is 9.49. The molecule has 0 aliphatic carbocycles. The van der Waals surface area contributed by atoms with Crippen LogP contribution < -0.4 is 10.1 Å². The Bertz CT molecular complexity index is 324. The number of nitrogens with one attached hydrogen (secondary N) is 1. The number of hydrogen-bond donors (Lipinski definition) is 1. The first kappa shape index (κ1) is 10.5. The van der Waals surface area contributed by atoms with Crippen LogP contribution >= 0.6 is 0 Å². The first-order valence-corrected chi connectivity index (χ1v) is 5.71. The quantitative estimate of drug-likeness (QED) is 0.801. The fourth-order valence-corrected chi connectivity index (χ4v) is 2.07. The SMILES string of the molecule is Cc1cccc(OC2CCNC(C)C2)c1. The molecule has 1 saturated heterocycles. The van der Waals surface area contributed by atoms with Gasteiger partial charge in [0.15, 0.2) is 0 Å². The van der Waals surface area contributed by atoms with Crippen molar-refractivity contribution in [1.29, 1.82) is 0 Å². The van der Waals surface area contributed by atoms with Gasteiger partial charge in [-0.1, -0.05) is 12.1 Å². The largest absolute Gasteiger partial charge is 0.490 e. The zero-order valence-corrected chi connectivity index (χ0v) is 9.49. The lowest BCUT2D eigenvalue weighted by Gasteiger charge is -2.28. The first-order valence-electron chi connectivity index (χ1n) is 5.71. The summed E-state index contributed by atoms with van der Waals surface area (Å²) in [6.45, 7) is 5.38. The molecule has 1 aromatic carbocycles. The summed E-state index contributed by atoms with van der Waals surface area (Å²) in [5, 5.41) is 3.43. The molecule has 0 spiro atoms. The van der Waals surface area contributed by atoms with E-state index in [4.69, 9.17) is 4.74 Å². The minimum Gasteiger partial charge on any atom is -0.490 e. The summed E-state index contributed by atoms with van der Waals surface area (Å²) in [7, 11) is 0. The predicted octanol–water partition coefficient (Wildman–Crippen LogP) is 2.51. The van der Waals surface area contributed by atoms with E-state index in [1.165, 1.54) is 5.56 Å². The third kappa shape index (κ3) is 2.96. The van der Waals surface area contributed by atoms with E-state index in [1.807, 2.05) is 6.07 Å². The second-order valence-electron chi connectivity index (χ2n) is 4.44. The van der Waals surface area contributed by atoms with Gasteiger partial charge < -0.3 is 10.1 Å². The fourth-order valence-electron chi connectivity index (χ4n) is 2.07. The molecule has 1 aliphatic rings. The summed E-state index contributed by atoms with van der Waals surface area (Å²) in [5.41, 5.74) is 1.26. The third-order valence-corrected chi connectivity index (χ3v) is 2.87. The molecule has 0 aromatic heterocycles. The van der Waals surface area contributed by atoms with Crippen molar-refractivity contribution in [2.24, 2.45) is 0 Å². The van der Waals surface area contributed by atoms with E-state index in [9.17, 15) is 0 Å². The minimum atomic E-state index is 0.378. The van der Waals surface area contributed by atoms with Crippen molar-refractivity contribution in [3.8, 4) is 5.75 Å². The fraction of sp³-hybridized carbons (Fsp3) is 0.538. The average Bonchev–Trinajstić information content (AvgIpc) is 2.17. The second kappa shape index (κ2) is 4.67. The number of benzene rings is 1. The monoisotopic (exact) mass is 205 g/mol. The molecule has 0 saturated carbocycles. The van der Waals surface area contributed by atoms with Crippen molar-refractivity contribution in [2.75, 3.05) is 6.54 Å². The van der Waals surface area contributed by atoms with Crippen LogP contribution in [-0.2, 0) is 0 Å². The van der Waals surface area contributed by atoms with Crippen molar-refractivity contribution in [2.45, 2.75) is 38.8 Å². The highest BCUT2D eigenvalue weighted by Crippen LogP contribution is 2.19. The third-order valence-electron chi connectivity index (χ3n) is 2.87. The van der Waals surface area contributed by atoms with Crippen molar-refractivity contribution >= 4 is 0 Å². The van der Waals surface area contributed by atoms with E-state index in [1.54, 1.807) is 0 Å². The van der Waals surface area contributed by atoms with E-state index in [2.05, 4.69) is 37.4 Å². The van der Waals surface area contributed by atoms with Gasteiger partial charge in [-0.2, -0.15) is 0 Å². The topological polar surface area (TPSA) is 21.3 Å². The number of piperidine rings is 1. The molecule has 2 nitrogen and oxygen atoms in total. The molecule has 1 fully saturated rings. The lowest BCUT2D eigenvalue weighted by molar-refractivity contribution is 0.144. The van der Waals surface area contributed by atoms with E-state index in [0.29, 0.717) is 12.1 Å². The van der Waals surface area contributed by atoms with Crippen molar-refractivity contribution < 1.29 is 4.74 Å². The van der Waals surface area contributed by atoms with Crippen LogP contribution in [0.5, 0.6) is 5.75 Å². The highest BCUT2D eigenvalue weighted by Gasteiger charge is 2.19. The molecule has 0 amide bonds. The van der Waals surface area contributed by atoms with Crippen LogP contribution in [0.3, 0.4) is 0 Å². The number of ether oxygens (including phenoxy) is 1. The van der Waals surface area contributed by atoms with Crippen LogP contribution in [0.15, 0.2) is 24.3 Å². The number of hydrogen-bond acceptors (Lipinski definition) is 2. The molecular weight excluding hydrogens is 186 g/mol. The second-order valence-corrected chi connectivity index (χ2v) is 4.44. The van der Waals surface area contributed by atoms with Crippen molar-refractivity contribution in [3.63, 3.8) is 0 Å². The highest BCUT2D eigenvalue weighted by atomic mass is 16.5. The Balaban J connectivity index is 1.96. The zero-order chi connectivity index (χ0) is 10.7. The molecule has 0 bridgehead atoms. The van der Waals surface area contributed by atoms with Crippen molar-refractivity contribution in [3.05, 3.63) is 29.8 Å². The van der Waals surface area contributed by atoms with Crippen LogP contribution in [0.25, 0.3) is 0 Å². The van der Waals surface area contributed by atoms with E-state index in [0.717, 1.165) is 25.1 Å². The van der Waals surface area contributed by atoms with Crippen LogP contribution in [0.2, 0.25) is 0 Å². The molecule has 1 N–H and O–H groups in total. The van der Waals surface area contributed by atoms with E-state index >= 15 is 0 Å².